The van der Waals surface area contributed by atoms with E-state index in [9.17, 15) is 4.79 Å². The Hall–Kier alpha value is -3.33. The van der Waals surface area contributed by atoms with E-state index in [1.165, 1.54) is 0 Å². The number of cyclic esters (lactones) is 1. The highest BCUT2D eigenvalue weighted by Gasteiger charge is 2.31. The van der Waals surface area contributed by atoms with Gasteiger partial charge in [-0.15, -0.1) is 0 Å². The highest BCUT2D eigenvalue weighted by molar-refractivity contribution is 6.07. The molecule has 0 amide bonds. The number of hydrogen-bond acceptors (Lipinski definition) is 3. The Balaban J connectivity index is 1.66. The first-order valence-electron chi connectivity index (χ1n) is 8.18. The Kier molecular flexibility index (Phi) is 3.01. The van der Waals surface area contributed by atoms with Crippen LogP contribution >= 0.6 is 0 Å². The molecule has 0 aromatic heterocycles. The molecule has 4 aromatic rings. The van der Waals surface area contributed by atoms with E-state index in [4.69, 9.17) is 9.47 Å². The molecule has 0 saturated carbocycles. The first kappa shape index (κ1) is 14.1. The molecule has 1 aliphatic rings. The third-order valence-corrected chi connectivity index (χ3v) is 4.62. The van der Waals surface area contributed by atoms with E-state index in [1.807, 2.05) is 78.9 Å². The zero-order valence-electron chi connectivity index (χ0n) is 13.3. The molecule has 0 saturated heterocycles. The van der Waals surface area contributed by atoms with Crippen LogP contribution in [0.1, 0.15) is 22.2 Å². The normalized spacial score (nSPS) is 16.3. The van der Waals surface area contributed by atoms with E-state index in [2.05, 4.69) is 0 Å². The summed E-state index contributed by atoms with van der Waals surface area (Å²) in [5, 5.41) is 3.95. The van der Waals surface area contributed by atoms with E-state index in [0.29, 0.717) is 11.3 Å². The van der Waals surface area contributed by atoms with E-state index in [1.54, 1.807) is 0 Å². The Morgan fingerprint density at radius 1 is 0.640 bits per heavy atom. The maximum Gasteiger partial charge on any atom is 0.345 e. The van der Waals surface area contributed by atoms with Gasteiger partial charge < -0.3 is 9.47 Å². The number of ether oxygens (including phenoxy) is 2. The van der Waals surface area contributed by atoms with Crippen LogP contribution in [0.25, 0.3) is 21.5 Å². The summed E-state index contributed by atoms with van der Waals surface area (Å²) in [4.78, 5) is 12.7. The van der Waals surface area contributed by atoms with Gasteiger partial charge in [-0.25, -0.2) is 4.79 Å². The van der Waals surface area contributed by atoms with Crippen LogP contribution in [-0.2, 0) is 4.74 Å². The number of hydrogen-bond donors (Lipinski definition) is 0. The van der Waals surface area contributed by atoms with E-state index < -0.39 is 6.29 Å². The summed E-state index contributed by atoms with van der Waals surface area (Å²) < 4.78 is 11.7. The van der Waals surface area contributed by atoms with E-state index in [0.717, 1.165) is 27.1 Å². The lowest BCUT2D eigenvalue weighted by Gasteiger charge is -2.27. The third-order valence-electron chi connectivity index (χ3n) is 4.62. The number of esters is 1. The van der Waals surface area contributed by atoms with Crippen molar-refractivity contribution in [1.29, 1.82) is 0 Å². The second-order valence-corrected chi connectivity index (χ2v) is 6.08. The summed E-state index contributed by atoms with van der Waals surface area (Å²) in [6, 6.07) is 25.5. The molecule has 120 valence electrons. The summed E-state index contributed by atoms with van der Waals surface area (Å²) >= 11 is 0. The van der Waals surface area contributed by atoms with Gasteiger partial charge in [-0.05, 0) is 27.6 Å². The van der Waals surface area contributed by atoms with Crippen molar-refractivity contribution in [2.24, 2.45) is 0 Å². The van der Waals surface area contributed by atoms with E-state index >= 15 is 0 Å². The van der Waals surface area contributed by atoms with Crippen molar-refractivity contribution in [2.45, 2.75) is 6.29 Å². The van der Waals surface area contributed by atoms with E-state index in [-0.39, 0.29) is 5.97 Å². The SMILES string of the molecule is O=C1OC(c2cccc3ccccc23)Oc2ccc3ccccc3c21. The lowest BCUT2D eigenvalue weighted by atomic mass is 10.0. The molecule has 3 heteroatoms. The monoisotopic (exact) mass is 326 g/mol. The van der Waals surface area contributed by atoms with Gasteiger partial charge in [-0.1, -0.05) is 72.8 Å². The summed E-state index contributed by atoms with van der Waals surface area (Å²) in [6.45, 7) is 0. The molecule has 0 N–H and O–H groups in total. The molecule has 0 aliphatic carbocycles. The Labute approximate surface area is 144 Å². The molecule has 1 unspecified atom stereocenters. The first-order valence-corrected chi connectivity index (χ1v) is 8.18. The Morgan fingerprint density at radius 3 is 2.16 bits per heavy atom. The van der Waals surface area contributed by atoms with Crippen molar-refractivity contribution in [3.05, 3.63) is 90.0 Å². The zero-order valence-corrected chi connectivity index (χ0v) is 13.3. The molecule has 1 heterocycles. The van der Waals surface area contributed by atoms with Crippen LogP contribution < -0.4 is 4.74 Å². The predicted octanol–water partition coefficient (Wildman–Crippen LogP) is 5.24. The predicted molar refractivity (Wildman–Crippen MR) is 96.7 cm³/mol. The van der Waals surface area contributed by atoms with Crippen molar-refractivity contribution in [2.75, 3.05) is 0 Å². The van der Waals surface area contributed by atoms with Gasteiger partial charge in [0.05, 0.1) is 0 Å². The molecule has 0 spiro atoms. The summed E-state index contributed by atoms with van der Waals surface area (Å²) in [7, 11) is 0. The number of benzene rings is 4. The van der Waals surface area contributed by atoms with Crippen LogP contribution in [0, 0.1) is 0 Å². The largest absolute Gasteiger partial charge is 0.449 e. The topological polar surface area (TPSA) is 35.5 Å². The Bertz CT molecular complexity index is 1130. The lowest BCUT2D eigenvalue weighted by Crippen LogP contribution is -2.23. The van der Waals surface area contributed by atoms with Crippen molar-refractivity contribution >= 4 is 27.5 Å². The second-order valence-electron chi connectivity index (χ2n) is 6.08. The summed E-state index contributed by atoms with van der Waals surface area (Å²) in [6.07, 6.45) is -0.743. The van der Waals surface area contributed by atoms with Gasteiger partial charge in [0.2, 0.25) is 0 Å². The van der Waals surface area contributed by atoms with Crippen LogP contribution in [-0.4, -0.2) is 5.97 Å². The molecule has 5 rings (SSSR count). The maximum absolute atomic E-state index is 12.7. The average Bonchev–Trinajstić information content (AvgIpc) is 2.67. The molecule has 1 aliphatic heterocycles. The van der Waals surface area contributed by atoms with Gasteiger partial charge in [0.1, 0.15) is 11.3 Å². The van der Waals surface area contributed by atoms with Gasteiger partial charge >= 0.3 is 5.97 Å². The quantitative estimate of drug-likeness (QED) is 0.449. The Morgan fingerprint density at radius 2 is 1.32 bits per heavy atom. The molecule has 4 aromatic carbocycles. The van der Waals surface area contributed by atoms with Gasteiger partial charge in [0.15, 0.2) is 0 Å². The highest BCUT2D eigenvalue weighted by Crippen LogP contribution is 2.38. The van der Waals surface area contributed by atoms with Gasteiger partial charge in [0.25, 0.3) is 6.29 Å². The molecule has 1 atom stereocenters. The third kappa shape index (κ3) is 2.17. The summed E-state index contributed by atoms with van der Waals surface area (Å²) in [5.41, 5.74) is 1.35. The van der Waals surface area contributed by atoms with Crippen LogP contribution in [0.2, 0.25) is 0 Å². The lowest BCUT2D eigenvalue weighted by molar-refractivity contribution is -0.0612. The second kappa shape index (κ2) is 5.35. The highest BCUT2D eigenvalue weighted by atomic mass is 16.7. The van der Waals surface area contributed by atoms with Crippen molar-refractivity contribution in [1.82, 2.24) is 0 Å². The van der Waals surface area contributed by atoms with Crippen LogP contribution in [0.4, 0.5) is 0 Å². The number of fused-ring (bicyclic) bond motifs is 4. The van der Waals surface area contributed by atoms with Gasteiger partial charge in [-0.2, -0.15) is 0 Å². The molecular weight excluding hydrogens is 312 g/mol. The minimum Gasteiger partial charge on any atom is -0.449 e. The fourth-order valence-corrected chi connectivity index (χ4v) is 3.44. The van der Waals surface area contributed by atoms with Gasteiger partial charge in [0, 0.05) is 5.56 Å². The summed E-state index contributed by atoms with van der Waals surface area (Å²) in [5.74, 6) is 0.212. The van der Waals surface area contributed by atoms with Crippen molar-refractivity contribution in [3.63, 3.8) is 0 Å². The molecular formula is C22H14O3. The standard InChI is InChI=1S/C22H14O3/c23-21-20-17-10-4-2-7-15(17)12-13-19(20)24-22(25-21)18-11-5-8-14-6-1-3-9-16(14)18/h1-13,22H. The van der Waals surface area contributed by atoms with Crippen LogP contribution in [0.5, 0.6) is 5.75 Å². The zero-order chi connectivity index (χ0) is 16.8. The molecule has 3 nitrogen and oxygen atoms in total. The fraction of sp³-hybridized carbons (Fsp3) is 0.0455. The minimum absolute atomic E-state index is 0.351. The van der Waals surface area contributed by atoms with Crippen LogP contribution in [0.3, 0.4) is 0 Å². The fourth-order valence-electron chi connectivity index (χ4n) is 3.44. The molecule has 0 fully saturated rings. The van der Waals surface area contributed by atoms with Crippen LogP contribution in [0.15, 0.2) is 78.9 Å². The number of carbonyl (C=O) groups excluding carboxylic acids is 1. The van der Waals surface area contributed by atoms with Crippen molar-refractivity contribution in [3.8, 4) is 5.75 Å². The number of rotatable bonds is 1. The first-order chi connectivity index (χ1) is 12.3. The van der Waals surface area contributed by atoms with Crippen molar-refractivity contribution < 1.29 is 14.3 Å². The molecule has 0 bridgehead atoms. The van der Waals surface area contributed by atoms with Gasteiger partial charge in [-0.3, -0.25) is 0 Å². The number of carbonyl (C=O) groups is 1. The smallest absolute Gasteiger partial charge is 0.345 e. The molecule has 25 heavy (non-hydrogen) atoms. The minimum atomic E-state index is -0.743. The average molecular weight is 326 g/mol. The maximum atomic E-state index is 12.7. The molecule has 0 radical (unpaired) electrons.